The lowest BCUT2D eigenvalue weighted by atomic mass is 10.3. The average molecular weight is 301 g/mol. The highest BCUT2D eigenvalue weighted by atomic mass is 79.9. The Hall–Kier alpha value is -1.07. The minimum Gasteiger partial charge on any atom is -0.488 e. The summed E-state index contributed by atoms with van der Waals surface area (Å²) in [4.78, 5) is 11.2. The number of likely N-dealkylation sites (N-methyl/N-ethyl adjacent to an activating group) is 1. The van der Waals surface area contributed by atoms with Gasteiger partial charge in [-0.2, -0.15) is 0 Å². The van der Waals surface area contributed by atoms with Gasteiger partial charge in [-0.1, -0.05) is 12.1 Å². The van der Waals surface area contributed by atoms with Crippen LogP contribution in [0.15, 0.2) is 28.7 Å². The van der Waals surface area contributed by atoms with Crippen molar-refractivity contribution in [3.8, 4) is 5.75 Å². The molecule has 5 heteroatoms. The van der Waals surface area contributed by atoms with Gasteiger partial charge >= 0.3 is 0 Å². The van der Waals surface area contributed by atoms with Gasteiger partial charge in [0.15, 0.2) is 0 Å². The average Bonchev–Trinajstić information content (AvgIpc) is 2.30. The number of halogens is 1. The molecule has 0 aliphatic carbocycles. The van der Waals surface area contributed by atoms with Crippen LogP contribution in [0.5, 0.6) is 5.75 Å². The minimum absolute atomic E-state index is 0.0323. The second-order valence-electron chi connectivity index (χ2n) is 3.69. The summed E-state index contributed by atoms with van der Waals surface area (Å²) in [5.41, 5.74) is 0. The number of nitrogens with one attached hydrogen (secondary N) is 2. The van der Waals surface area contributed by atoms with E-state index in [1.807, 2.05) is 31.2 Å². The van der Waals surface area contributed by atoms with E-state index < -0.39 is 0 Å². The Balaban J connectivity index is 2.37. The fourth-order valence-electron chi connectivity index (χ4n) is 1.28. The summed E-state index contributed by atoms with van der Waals surface area (Å²) >= 11 is 3.41. The van der Waals surface area contributed by atoms with Gasteiger partial charge in [-0.15, -0.1) is 0 Å². The largest absolute Gasteiger partial charge is 0.488 e. The van der Waals surface area contributed by atoms with Crippen LogP contribution in [0.2, 0.25) is 0 Å². The Morgan fingerprint density at radius 1 is 1.47 bits per heavy atom. The second-order valence-corrected chi connectivity index (χ2v) is 4.55. The SMILES string of the molecule is CNCC(=O)NCC(C)Oc1ccccc1Br. The molecule has 1 aromatic rings. The Labute approximate surface area is 110 Å². The highest BCUT2D eigenvalue weighted by Gasteiger charge is 2.08. The van der Waals surface area contributed by atoms with Crippen molar-refractivity contribution in [2.75, 3.05) is 20.1 Å². The molecular weight excluding hydrogens is 284 g/mol. The van der Waals surface area contributed by atoms with E-state index in [4.69, 9.17) is 4.74 Å². The van der Waals surface area contributed by atoms with Crippen LogP contribution in [-0.4, -0.2) is 32.1 Å². The van der Waals surface area contributed by atoms with Crippen LogP contribution in [0.1, 0.15) is 6.92 Å². The summed E-state index contributed by atoms with van der Waals surface area (Å²) in [6.07, 6.45) is -0.0745. The first-order valence-corrected chi connectivity index (χ1v) is 6.25. The molecule has 2 N–H and O–H groups in total. The summed E-state index contributed by atoms with van der Waals surface area (Å²) < 4.78 is 6.60. The van der Waals surface area contributed by atoms with Gasteiger partial charge in [0, 0.05) is 0 Å². The van der Waals surface area contributed by atoms with Crippen LogP contribution in [0, 0.1) is 0 Å². The monoisotopic (exact) mass is 300 g/mol. The van der Waals surface area contributed by atoms with Crippen molar-refractivity contribution >= 4 is 21.8 Å². The van der Waals surface area contributed by atoms with Crippen molar-refractivity contribution in [1.82, 2.24) is 10.6 Å². The van der Waals surface area contributed by atoms with Crippen LogP contribution >= 0.6 is 15.9 Å². The maximum atomic E-state index is 11.2. The smallest absolute Gasteiger partial charge is 0.234 e. The zero-order valence-electron chi connectivity index (χ0n) is 10.00. The van der Waals surface area contributed by atoms with E-state index in [2.05, 4.69) is 26.6 Å². The van der Waals surface area contributed by atoms with E-state index in [0.29, 0.717) is 13.1 Å². The van der Waals surface area contributed by atoms with Gasteiger partial charge in [0.25, 0.3) is 0 Å². The molecule has 0 bridgehead atoms. The summed E-state index contributed by atoms with van der Waals surface area (Å²) in [7, 11) is 1.74. The molecule has 4 nitrogen and oxygen atoms in total. The molecule has 94 valence electrons. The minimum atomic E-state index is -0.0745. The van der Waals surface area contributed by atoms with Crippen LogP contribution in [-0.2, 0) is 4.79 Å². The number of carbonyl (C=O) groups excluding carboxylic acids is 1. The van der Waals surface area contributed by atoms with E-state index >= 15 is 0 Å². The molecule has 0 aromatic heterocycles. The van der Waals surface area contributed by atoms with Crippen molar-refractivity contribution in [2.45, 2.75) is 13.0 Å². The van der Waals surface area contributed by atoms with Gasteiger partial charge in [-0.3, -0.25) is 4.79 Å². The molecule has 1 aromatic carbocycles. The van der Waals surface area contributed by atoms with Crippen LogP contribution < -0.4 is 15.4 Å². The van der Waals surface area contributed by atoms with Crippen molar-refractivity contribution in [1.29, 1.82) is 0 Å². The molecule has 1 unspecified atom stereocenters. The lowest BCUT2D eigenvalue weighted by molar-refractivity contribution is -0.120. The molecule has 1 atom stereocenters. The van der Waals surface area contributed by atoms with Crippen LogP contribution in [0.4, 0.5) is 0 Å². The van der Waals surface area contributed by atoms with Gasteiger partial charge in [0.05, 0.1) is 17.6 Å². The van der Waals surface area contributed by atoms with Gasteiger partial charge in [-0.25, -0.2) is 0 Å². The maximum absolute atomic E-state index is 11.2. The van der Waals surface area contributed by atoms with E-state index in [9.17, 15) is 4.79 Å². The number of benzene rings is 1. The summed E-state index contributed by atoms with van der Waals surface area (Å²) in [6, 6.07) is 7.64. The highest BCUT2D eigenvalue weighted by Crippen LogP contribution is 2.24. The van der Waals surface area contributed by atoms with Crippen molar-refractivity contribution in [2.24, 2.45) is 0 Å². The first-order valence-electron chi connectivity index (χ1n) is 5.46. The molecule has 0 spiro atoms. The fourth-order valence-corrected chi connectivity index (χ4v) is 1.66. The zero-order valence-corrected chi connectivity index (χ0v) is 11.6. The van der Waals surface area contributed by atoms with Gasteiger partial charge in [0.2, 0.25) is 5.91 Å². The standard InChI is InChI=1S/C12H17BrN2O2/c1-9(7-15-12(16)8-14-2)17-11-6-4-3-5-10(11)13/h3-6,9,14H,7-8H2,1-2H3,(H,15,16). The molecule has 0 saturated heterocycles. The molecule has 0 heterocycles. The lowest BCUT2D eigenvalue weighted by Crippen LogP contribution is -2.38. The number of hydrogen-bond donors (Lipinski definition) is 2. The third-order valence-corrected chi connectivity index (χ3v) is 2.74. The normalized spacial score (nSPS) is 11.9. The zero-order chi connectivity index (χ0) is 12.7. The number of hydrogen-bond acceptors (Lipinski definition) is 3. The Morgan fingerprint density at radius 2 is 2.18 bits per heavy atom. The molecule has 0 fully saturated rings. The summed E-state index contributed by atoms with van der Waals surface area (Å²) in [5, 5.41) is 5.57. The predicted molar refractivity (Wildman–Crippen MR) is 71.2 cm³/mol. The van der Waals surface area contributed by atoms with E-state index in [0.717, 1.165) is 10.2 Å². The number of ether oxygens (including phenoxy) is 1. The maximum Gasteiger partial charge on any atom is 0.234 e. The molecule has 0 aliphatic rings. The first kappa shape index (κ1) is 14.0. The molecule has 1 amide bonds. The van der Waals surface area contributed by atoms with Crippen LogP contribution in [0.25, 0.3) is 0 Å². The molecule has 0 aliphatic heterocycles. The molecule has 0 radical (unpaired) electrons. The Morgan fingerprint density at radius 3 is 2.82 bits per heavy atom. The van der Waals surface area contributed by atoms with Crippen LogP contribution in [0.3, 0.4) is 0 Å². The summed E-state index contributed by atoms with van der Waals surface area (Å²) in [6.45, 7) is 2.72. The van der Waals surface area contributed by atoms with Crippen molar-refractivity contribution in [3.63, 3.8) is 0 Å². The molecule has 17 heavy (non-hydrogen) atoms. The van der Waals surface area contributed by atoms with E-state index in [1.54, 1.807) is 7.05 Å². The highest BCUT2D eigenvalue weighted by molar-refractivity contribution is 9.10. The first-order chi connectivity index (χ1) is 8.13. The lowest BCUT2D eigenvalue weighted by Gasteiger charge is -2.16. The van der Waals surface area contributed by atoms with Gasteiger partial charge in [-0.05, 0) is 42.0 Å². The quantitative estimate of drug-likeness (QED) is 0.838. The molecular formula is C12H17BrN2O2. The third kappa shape index (κ3) is 5.19. The molecule has 1 rings (SSSR count). The van der Waals surface area contributed by atoms with Gasteiger partial charge < -0.3 is 15.4 Å². The fraction of sp³-hybridized carbons (Fsp3) is 0.417. The topological polar surface area (TPSA) is 50.4 Å². The van der Waals surface area contributed by atoms with Crippen molar-refractivity contribution < 1.29 is 9.53 Å². The number of amides is 1. The van der Waals surface area contributed by atoms with Gasteiger partial charge in [0.1, 0.15) is 11.9 Å². The van der Waals surface area contributed by atoms with E-state index in [1.165, 1.54) is 0 Å². The summed E-state index contributed by atoms with van der Waals surface area (Å²) in [5.74, 6) is 0.748. The third-order valence-electron chi connectivity index (χ3n) is 2.09. The van der Waals surface area contributed by atoms with E-state index in [-0.39, 0.29) is 12.0 Å². The van der Waals surface area contributed by atoms with Crippen molar-refractivity contribution in [3.05, 3.63) is 28.7 Å². The number of carbonyl (C=O) groups is 1. The number of para-hydroxylation sites is 1. The Bertz CT molecular complexity index is 371. The Kier molecular flexibility index (Phi) is 6.00. The number of rotatable bonds is 6. The predicted octanol–water partition coefficient (Wildman–Crippen LogP) is 1.55. The second kappa shape index (κ2) is 7.29. The molecule has 0 saturated carbocycles.